The van der Waals surface area contributed by atoms with Gasteiger partial charge in [0.05, 0.1) is 5.75 Å². The standard InChI is InChI=1S/C10H14F3N3O2S2/c1-2-20(17,18)16-4-7(5-16)3-14-9-15-8(6-19-9)10(11,12)13/h6-7H,2-5H2,1H3,(H,14,15). The molecule has 2 rings (SSSR count). The van der Waals surface area contributed by atoms with E-state index >= 15 is 0 Å². The molecule has 1 aromatic rings. The number of aromatic nitrogens is 1. The second kappa shape index (κ2) is 5.49. The minimum Gasteiger partial charge on any atom is -0.361 e. The smallest absolute Gasteiger partial charge is 0.361 e. The van der Waals surface area contributed by atoms with Crippen LogP contribution in [0.15, 0.2) is 5.38 Å². The maximum Gasteiger partial charge on any atom is 0.434 e. The molecule has 20 heavy (non-hydrogen) atoms. The monoisotopic (exact) mass is 329 g/mol. The van der Waals surface area contributed by atoms with Crippen molar-refractivity contribution in [2.24, 2.45) is 5.92 Å². The van der Waals surface area contributed by atoms with Crippen molar-refractivity contribution >= 4 is 26.5 Å². The van der Waals surface area contributed by atoms with Crippen molar-refractivity contribution in [3.63, 3.8) is 0 Å². The maximum atomic E-state index is 12.3. The number of rotatable bonds is 5. The summed E-state index contributed by atoms with van der Waals surface area (Å²) in [7, 11) is -3.15. The lowest BCUT2D eigenvalue weighted by molar-refractivity contribution is -0.140. The third-order valence-corrected chi connectivity index (χ3v) is 5.63. The summed E-state index contributed by atoms with van der Waals surface area (Å²) < 4.78 is 61.4. The van der Waals surface area contributed by atoms with E-state index in [2.05, 4.69) is 10.3 Å². The molecule has 1 aromatic heterocycles. The number of nitrogens with zero attached hydrogens (tertiary/aromatic N) is 2. The van der Waals surface area contributed by atoms with E-state index in [1.165, 1.54) is 4.31 Å². The Balaban J connectivity index is 1.80. The zero-order valence-electron chi connectivity index (χ0n) is 10.6. The van der Waals surface area contributed by atoms with Gasteiger partial charge < -0.3 is 5.32 Å². The van der Waals surface area contributed by atoms with Gasteiger partial charge in [0.15, 0.2) is 10.8 Å². The molecule has 1 fully saturated rings. The molecule has 0 aliphatic carbocycles. The highest BCUT2D eigenvalue weighted by Gasteiger charge is 2.35. The third kappa shape index (κ3) is 3.41. The highest BCUT2D eigenvalue weighted by Crippen LogP contribution is 2.31. The fourth-order valence-electron chi connectivity index (χ4n) is 1.78. The van der Waals surface area contributed by atoms with Crippen molar-refractivity contribution in [2.45, 2.75) is 13.1 Å². The van der Waals surface area contributed by atoms with E-state index in [0.717, 1.165) is 16.7 Å². The molecule has 0 atom stereocenters. The number of hydrogen-bond acceptors (Lipinski definition) is 5. The number of halogens is 3. The summed E-state index contributed by atoms with van der Waals surface area (Å²) in [4.78, 5) is 3.45. The quantitative estimate of drug-likeness (QED) is 0.896. The lowest BCUT2D eigenvalue weighted by atomic mass is 10.0. The van der Waals surface area contributed by atoms with E-state index in [1.807, 2.05) is 0 Å². The first-order valence-electron chi connectivity index (χ1n) is 5.97. The number of sulfonamides is 1. The first-order valence-corrected chi connectivity index (χ1v) is 8.45. The third-order valence-electron chi connectivity index (χ3n) is 3.02. The number of thiazole rings is 1. The van der Waals surface area contributed by atoms with Crippen LogP contribution in [-0.2, 0) is 16.2 Å². The van der Waals surface area contributed by atoms with Crippen LogP contribution in [0.4, 0.5) is 18.3 Å². The van der Waals surface area contributed by atoms with Crippen molar-refractivity contribution < 1.29 is 21.6 Å². The van der Waals surface area contributed by atoms with Gasteiger partial charge in [-0.25, -0.2) is 17.7 Å². The predicted octanol–water partition coefficient (Wildman–Crippen LogP) is 1.86. The molecule has 1 saturated heterocycles. The minimum absolute atomic E-state index is 0.0641. The number of alkyl halides is 3. The Kier molecular flexibility index (Phi) is 4.26. The Hall–Kier alpha value is -0.870. The molecule has 0 radical (unpaired) electrons. The lowest BCUT2D eigenvalue weighted by Crippen LogP contribution is -2.52. The van der Waals surface area contributed by atoms with Gasteiger partial charge in [-0.2, -0.15) is 13.2 Å². The van der Waals surface area contributed by atoms with E-state index in [0.29, 0.717) is 19.6 Å². The Morgan fingerprint density at radius 1 is 1.50 bits per heavy atom. The molecule has 0 unspecified atom stereocenters. The Morgan fingerprint density at radius 2 is 2.15 bits per heavy atom. The first-order chi connectivity index (χ1) is 9.22. The molecule has 1 aliphatic heterocycles. The van der Waals surface area contributed by atoms with Gasteiger partial charge in [0.2, 0.25) is 10.0 Å². The van der Waals surface area contributed by atoms with Gasteiger partial charge in [0.1, 0.15) is 0 Å². The molecule has 114 valence electrons. The van der Waals surface area contributed by atoms with Crippen LogP contribution in [0.3, 0.4) is 0 Å². The summed E-state index contributed by atoms with van der Waals surface area (Å²) >= 11 is 0.890. The Morgan fingerprint density at radius 3 is 2.65 bits per heavy atom. The summed E-state index contributed by atoms with van der Waals surface area (Å²) in [5.41, 5.74) is -0.909. The van der Waals surface area contributed by atoms with Gasteiger partial charge in [0.25, 0.3) is 0 Å². The van der Waals surface area contributed by atoms with Gasteiger partial charge in [-0.3, -0.25) is 0 Å². The number of hydrogen-bond donors (Lipinski definition) is 1. The SMILES string of the molecule is CCS(=O)(=O)N1CC(CNc2nc(C(F)(F)F)cs2)C1. The summed E-state index contributed by atoms with van der Waals surface area (Å²) in [6.07, 6.45) is -4.43. The topological polar surface area (TPSA) is 62.3 Å². The number of anilines is 1. The average Bonchev–Trinajstić information content (AvgIpc) is 2.75. The predicted molar refractivity (Wildman–Crippen MR) is 70.1 cm³/mol. The van der Waals surface area contributed by atoms with Crippen LogP contribution in [0.25, 0.3) is 0 Å². The van der Waals surface area contributed by atoms with Gasteiger partial charge in [-0.05, 0) is 6.92 Å². The minimum atomic E-state index is -4.43. The molecule has 0 saturated carbocycles. The fraction of sp³-hybridized carbons (Fsp3) is 0.700. The molecule has 2 heterocycles. The highest BCUT2D eigenvalue weighted by molar-refractivity contribution is 7.89. The van der Waals surface area contributed by atoms with Crippen LogP contribution in [0, 0.1) is 5.92 Å². The van der Waals surface area contributed by atoms with Gasteiger partial charge >= 0.3 is 6.18 Å². The Bertz CT molecular complexity index is 565. The summed E-state index contributed by atoms with van der Waals surface area (Å²) in [5.74, 6) is 0.170. The lowest BCUT2D eigenvalue weighted by Gasteiger charge is -2.37. The van der Waals surface area contributed by atoms with Crippen LogP contribution in [0.1, 0.15) is 12.6 Å². The molecule has 10 heteroatoms. The second-order valence-electron chi connectivity index (χ2n) is 4.50. The highest BCUT2D eigenvalue weighted by atomic mass is 32.2. The molecular weight excluding hydrogens is 315 g/mol. The van der Waals surface area contributed by atoms with Gasteiger partial charge in [-0.1, -0.05) is 0 Å². The maximum absolute atomic E-state index is 12.3. The van der Waals surface area contributed by atoms with Crippen molar-refractivity contribution in [1.82, 2.24) is 9.29 Å². The zero-order valence-corrected chi connectivity index (χ0v) is 12.3. The van der Waals surface area contributed by atoms with E-state index in [-0.39, 0.29) is 16.8 Å². The second-order valence-corrected chi connectivity index (χ2v) is 7.62. The van der Waals surface area contributed by atoms with E-state index < -0.39 is 21.9 Å². The molecule has 1 N–H and O–H groups in total. The van der Waals surface area contributed by atoms with Crippen LogP contribution in [0.2, 0.25) is 0 Å². The van der Waals surface area contributed by atoms with Gasteiger partial charge in [0, 0.05) is 30.9 Å². The average molecular weight is 329 g/mol. The molecule has 0 bridgehead atoms. The Labute approximate surface area is 118 Å². The van der Waals surface area contributed by atoms with E-state index in [1.54, 1.807) is 6.92 Å². The van der Waals surface area contributed by atoms with Crippen molar-refractivity contribution in [3.8, 4) is 0 Å². The van der Waals surface area contributed by atoms with E-state index in [4.69, 9.17) is 0 Å². The van der Waals surface area contributed by atoms with Crippen molar-refractivity contribution in [3.05, 3.63) is 11.1 Å². The first kappa shape index (κ1) is 15.5. The molecule has 0 aromatic carbocycles. The van der Waals surface area contributed by atoms with E-state index in [9.17, 15) is 21.6 Å². The fourth-order valence-corrected chi connectivity index (χ4v) is 3.75. The van der Waals surface area contributed by atoms with Crippen LogP contribution < -0.4 is 5.32 Å². The molecular formula is C10H14F3N3O2S2. The normalized spacial score (nSPS) is 18.0. The summed E-state index contributed by atoms with van der Waals surface area (Å²) in [5, 5.41) is 3.97. The van der Waals surface area contributed by atoms with Gasteiger partial charge in [-0.15, -0.1) is 11.3 Å². The van der Waals surface area contributed by atoms with Crippen LogP contribution in [-0.4, -0.2) is 43.1 Å². The molecule has 0 amide bonds. The number of nitrogens with one attached hydrogen (secondary N) is 1. The largest absolute Gasteiger partial charge is 0.434 e. The molecule has 0 spiro atoms. The van der Waals surface area contributed by atoms with Crippen molar-refractivity contribution in [2.75, 3.05) is 30.7 Å². The van der Waals surface area contributed by atoms with Crippen LogP contribution in [0.5, 0.6) is 0 Å². The molecule has 5 nitrogen and oxygen atoms in total. The van der Waals surface area contributed by atoms with Crippen molar-refractivity contribution in [1.29, 1.82) is 0 Å². The zero-order chi connectivity index (χ0) is 15.0. The summed E-state index contributed by atoms with van der Waals surface area (Å²) in [6.45, 7) is 2.80. The summed E-state index contributed by atoms with van der Waals surface area (Å²) in [6, 6.07) is 0. The van der Waals surface area contributed by atoms with Crippen LogP contribution >= 0.6 is 11.3 Å². The molecule has 1 aliphatic rings.